The number of fused-ring (bicyclic) bond motifs is 1. The number of amidine groups is 1. The van der Waals surface area contributed by atoms with E-state index in [0.29, 0.717) is 36.6 Å². The number of carbonyl (C=O) groups is 2. The first kappa shape index (κ1) is 20.1. The van der Waals surface area contributed by atoms with Gasteiger partial charge in [0.25, 0.3) is 10.0 Å². The fraction of sp³-hybridized carbons (Fsp3) is 0.286. The van der Waals surface area contributed by atoms with E-state index in [1.54, 1.807) is 48.5 Å². The van der Waals surface area contributed by atoms with Gasteiger partial charge in [-0.2, -0.15) is 8.42 Å². The average Bonchev–Trinajstić information content (AvgIpc) is 3.05. The van der Waals surface area contributed by atoms with Gasteiger partial charge in [-0.1, -0.05) is 24.3 Å². The molecule has 0 aliphatic carbocycles. The molecule has 0 saturated carbocycles. The van der Waals surface area contributed by atoms with Crippen LogP contribution in [0, 0.1) is 5.92 Å². The summed E-state index contributed by atoms with van der Waals surface area (Å²) in [6.45, 7) is 0.958. The van der Waals surface area contributed by atoms with Gasteiger partial charge in [0, 0.05) is 18.7 Å². The van der Waals surface area contributed by atoms with E-state index in [2.05, 4.69) is 9.71 Å². The summed E-state index contributed by atoms with van der Waals surface area (Å²) in [4.78, 5) is 26.9. The van der Waals surface area contributed by atoms with E-state index in [-0.39, 0.29) is 22.3 Å². The number of para-hydroxylation sites is 1. The van der Waals surface area contributed by atoms with Crippen LogP contribution in [-0.2, 0) is 19.6 Å². The topological polar surface area (TPSA) is 105 Å². The van der Waals surface area contributed by atoms with Gasteiger partial charge in [-0.15, -0.1) is 4.40 Å². The summed E-state index contributed by atoms with van der Waals surface area (Å²) >= 11 is 0. The standard InChI is InChI=1S/C21H21N3O5S/c1-29-21(26)15-8-2-4-10-17(15)22-20(25)14-7-6-12-24(13-14)19-16-9-3-5-11-18(16)30(27,28)23-19/h2-5,8-11,14H,6-7,12-13H2,1H3,(H,22,25). The predicted molar refractivity (Wildman–Crippen MR) is 111 cm³/mol. The van der Waals surface area contributed by atoms with Crippen LogP contribution in [0.1, 0.15) is 28.8 Å². The minimum absolute atomic E-state index is 0.193. The van der Waals surface area contributed by atoms with Crippen LogP contribution >= 0.6 is 0 Å². The van der Waals surface area contributed by atoms with Gasteiger partial charge in [0.05, 0.1) is 24.3 Å². The van der Waals surface area contributed by atoms with Crippen LogP contribution in [0.15, 0.2) is 57.8 Å². The molecule has 156 valence electrons. The van der Waals surface area contributed by atoms with Gasteiger partial charge in [0.1, 0.15) is 4.90 Å². The van der Waals surface area contributed by atoms with Crippen molar-refractivity contribution in [3.05, 3.63) is 59.7 Å². The van der Waals surface area contributed by atoms with Crippen molar-refractivity contribution in [1.29, 1.82) is 0 Å². The summed E-state index contributed by atoms with van der Waals surface area (Å²) in [7, 11) is -2.43. The van der Waals surface area contributed by atoms with Crippen molar-refractivity contribution >= 4 is 33.4 Å². The fourth-order valence-corrected chi connectivity index (χ4v) is 5.04. The van der Waals surface area contributed by atoms with Gasteiger partial charge in [-0.25, -0.2) is 4.79 Å². The molecule has 2 aliphatic rings. The zero-order valence-corrected chi connectivity index (χ0v) is 17.2. The summed E-state index contributed by atoms with van der Waals surface area (Å²) < 4.78 is 33.4. The van der Waals surface area contributed by atoms with Crippen molar-refractivity contribution in [2.75, 3.05) is 25.5 Å². The van der Waals surface area contributed by atoms with Gasteiger partial charge in [-0.3, -0.25) is 4.79 Å². The number of sulfonamides is 1. The minimum Gasteiger partial charge on any atom is -0.465 e. The Balaban J connectivity index is 1.53. The number of likely N-dealkylation sites (tertiary alicyclic amines) is 1. The Bertz CT molecular complexity index is 1140. The molecular formula is C21H21N3O5S. The number of nitrogens with zero attached hydrogens (tertiary/aromatic N) is 2. The molecule has 1 N–H and O–H groups in total. The third-order valence-corrected chi connectivity index (χ3v) is 6.62. The quantitative estimate of drug-likeness (QED) is 0.754. The van der Waals surface area contributed by atoms with Crippen LogP contribution in [0.4, 0.5) is 5.69 Å². The molecule has 0 spiro atoms. The lowest BCUT2D eigenvalue weighted by molar-refractivity contribution is -0.121. The van der Waals surface area contributed by atoms with E-state index in [9.17, 15) is 18.0 Å². The number of anilines is 1. The molecule has 0 radical (unpaired) electrons. The number of hydrogen-bond acceptors (Lipinski definition) is 6. The molecule has 0 aromatic heterocycles. The molecule has 1 amide bonds. The van der Waals surface area contributed by atoms with E-state index in [4.69, 9.17) is 4.74 Å². The van der Waals surface area contributed by atoms with E-state index >= 15 is 0 Å². The van der Waals surface area contributed by atoms with Gasteiger partial charge < -0.3 is 15.0 Å². The molecule has 1 unspecified atom stereocenters. The number of ether oxygens (including phenoxy) is 1. The van der Waals surface area contributed by atoms with Crippen LogP contribution in [0.3, 0.4) is 0 Å². The summed E-state index contributed by atoms with van der Waals surface area (Å²) in [5, 5.41) is 2.82. The summed E-state index contributed by atoms with van der Waals surface area (Å²) in [6.07, 6.45) is 1.38. The molecular weight excluding hydrogens is 406 g/mol. The number of piperidine rings is 1. The molecule has 1 fully saturated rings. The SMILES string of the molecule is COC(=O)c1ccccc1NC(=O)C1CCCN(C2=NS(=O)(=O)c3ccccc32)C1. The largest absolute Gasteiger partial charge is 0.465 e. The summed E-state index contributed by atoms with van der Waals surface area (Å²) in [6, 6.07) is 13.4. The molecule has 2 aromatic carbocycles. The highest BCUT2D eigenvalue weighted by Crippen LogP contribution is 2.30. The Hall–Kier alpha value is -3.20. The smallest absolute Gasteiger partial charge is 0.339 e. The third kappa shape index (κ3) is 3.68. The first-order valence-electron chi connectivity index (χ1n) is 9.58. The number of esters is 1. The molecule has 4 rings (SSSR count). The number of nitrogens with one attached hydrogen (secondary N) is 1. The van der Waals surface area contributed by atoms with Crippen LogP contribution in [0.2, 0.25) is 0 Å². The van der Waals surface area contributed by atoms with E-state index in [1.807, 2.05) is 4.90 Å². The van der Waals surface area contributed by atoms with Crippen molar-refractivity contribution in [1.82, 2.24) is 4.90 Å². The second-order valence-corrected chi connectivity index (χ2v) is 8.77. The Morgan fingerprint density at radius 1 is 1.13 bits per heavy atom. The summed E-state index contributed by atoms with van der Waals surface area (Å²) in [5.74, 6) is -0.746. The van der Waals surface area contributed by atoms with Crippen molar-refractivity contribution in [3.8, 4) is 0 Å². The van der Waals surface area contributed by atoms with Crippen LogP contribution in [0.25, 0.3) is 0 Å². The van der Waals surface area contributed by atoms with Gasteiger partial charge >= 0.3 is 5.97 Å². The van der Waals surface area contributed by atoms with E-state index in [0.717, 1.165) is 6.42 Å². The molecule has 1 atom stereocenters. The van der Waals surface area contributed by atoms with Gasteiger partial charge in [0.2, 0.25) is 5.91 Å². The molecule has 9 heteroatoms. The van der Waals surface area contributed by atoms with Gasteiger partial charge in [0.15, 0.2) is 5.84 Å². The number of hydrogen-bond donors (Lipinski definition) is 1. The second-order valence-electron chi connectivity index (χ2n) is 7.20. The first-order chi connectivity index (χ1) is 14.4. The Morgan fingerprint density at radius 3 is 2.67 bits per heavy atom. The Kier molecular flexibility index (Phi) is 5.29. The number of carbonyl (C=O) groups excluding carboxylic acids is 2. The van der Waals surface area contributed by atoms with Crippen molar-refractivity contribution in [2.24, 2.45) is 10.3 Å². The average molecular weight is 427 g/mol. The fourth-order valence-electron chi connectivity index (χ4n) is 3.81. The highest BCUT2D eigenvalue weighted by molar-refractivity contribution is 7.90. The van der Waals surface area contributed by atoms with Gasteiger partial charge in [-0.05, 0) is 37.1 Å². The maximum absolute atomic E-state index is 12.9. The molecule has 30 heavy (non-hydrogen) atoms. The highest BCUT2D eigenvalue weighted by atomic mass is 32.2. The van der Waals surface area contributed by atoms with Crippen LogP contribution < -0.4 is 5.32 Å². The minimum atomic E-state index is -3.71. The number of benzene rings is 2. The van der Waals surface area contributed by atoms with Crippen LogP contribution in [-0.4, -0.2) is 51.2 Å². The lowest BCUT2D eigenvalue weighted by Crippen LogP contribution is -2.43. The molecule has 1 saturated heterocycles. The number of rotatable bonds is 3. The zero-order chi connectivity index (χ0) is 21.3. The first-order valence-corrected chi connectivity index (χ1v) is 11.0. The second kappa shape index (κ2) is 7.91. The molecule has 2 aromatic rings. The van der Waals surface area contributed by atoms with Crippen molar-refractivity contribution < 1.29 is 22.7 Å². The lowest BCUT2D eigenvalue weighted by atomic mass is 9.96. The molecule has 0 bridgehead atoms. The summed E-state index contributed by atoms with van der Waals surface area (Å²) in [5.41, 5.74) is 1.23. The van der Waals surface area contributed by atoms with Crippen molar-refractivity contribution in [2.45, 2.75) is 17.7 Å². The number of amides is 1. The molecule has 2 aliphatic heterocycles. The van der Waals surface area contributed by atoms with Crippen molar-refractivity contribution in [3.63, 3.8) is 0 Å². The molecule has 2 heterocycles. The maximum atomic E-state index is 12.9. The monoisotopic (exact) mass is 427 g/mol. The predicted octanol–water partition coefficient (Wildman–Crippen LogP) is 2.27. The highest BCUT2D eigenvalue weighted by Gasteiger charge is 2.35. The Labute approximate surface area is 174 Å². The third-order valence-electron chi connectivity index (χ3n) is 5.29. The maximum Gasteiger partial charge on any atom is 0.339 e. The molecule has 8 nitrogen and oxygen atoms in total. The Morgan fingerprint density at radius 2 is 1.87 bits per heavy atom. The van der Waals surface area contributed by atoms with E-state index in [1.165, 1.54) is 7.11 Å². The lowest BCUT2D eigenvalue weighted by Gasteiger charge is -2.33. The van der Waals surface area contributed by atoms with Crippen LogP contribution in [0.5, 0.6) is 0 Å². The van der Waals surface area contributed by atoms with E-state index < -0.39 is 16.0 Å². The zero-order valence-electron chi connectivity index (χ0n) is 16.4. The normalized spacial score (nSPS) is 19.6. The number of methoxy groups -OCH3 is 1.